The molecule has 0 amide bonds. The van der Waals surface area contributed by atoms with Crippen LogP contribution in [-0.4, -0.2) is 23.4 Å². The Morgan fingerprint density at radius 3 is 2.90 bits per heavy atom. The molecule has 0 saturated carbocycles. The van der Waals surface area contributed by atoms with Crippen molar-refractivity contribution in [2.45, 2.75) is 19.4 Å². The van der Waals surface area contributed by atoms with Crippen molar-refractivity contribution < 1.29 is 9.26 Å². The summed E-state index contributed by atoms with van der Waals surface area (Å²) in [6.07, 6.45) is 0. The first-order valence-electron chi connectivity index (χ1n) is 6.10. The van der Waals surface area contributed by atoms with Crippen LogP contribution in [0.3, 0.4) is 0 Å². The van der Waals surface area contributed by atoms with E-state index in [0.29, 0.717) is 30.0 Å². The Morgan fingerprint density at radius 2 is 2.25 bits per heavy atom. The van der Waals surface area contributed by atoms with E-state index in [9.17, 15) is 0 Å². The lowest BCUT2D eigenvalue weighted by Crippen LogP contribution is -2.39. The summed E-state index contributed by atoms with van der Waals surface area (Å²) in [6.45, 7) is 4.62. The van der Waals surface area contributed by atoms with Gasteiger partial charge in [-0.1, -0.05) is 16.8 Å². The molecule has 108 valence electrons. The first-order valence-corrected chi connectivity index (χ1v) is 7.27. The first-order chi connectivity index (χ1) is 9.44. The number of hydrogen-bond donors (Lipinski definition) is 1. The van der Waals surface area contributed by atoms with Crippen molar-refractivity contribution >= 4 is 27.5 Å². The molecule has 7 heteroatoms. The highest BCUT2D eigenvalue weighted by molar-refractivity contribution is 9.10. The van der Waals surface area contributed by atoms with Crippen LogP contribution >= 0.6 is 27.5 Å². The Hall–Kier alpha value is -0.950. The SMILES string of the molecule is CCOCC(C)(N)c1noc(-c2ccc(Cl)c(Br)c2)n1. The molecule has 1 heterocycles. The van der Waals surface area contributed by atoms with Gasteiger partial charge in [-0.3, -0.25) is 0 Å². The largest absolute Gasteiger partial charge is 0.379 e. The van der Waals surface area contributed by atoms with Crippen LogP contribution in [0, 0.1) is 0 Å². The van der Waals surface area contributed by atoms with Crippen molar-refractivity contribution in [1.29, 1.82) is 0 Å². The fourth-order valence-corrected chi connectivity index (χ4v) is 2.08. The van der Waals surface area contributed by atoms with Crippen LogP contribution in [0.5, 0.6) is 0 Å². The molecule has 0 aliphatic carbocycles. The van der Waals surface area contributed by atoms with E-state index in [1.165, 1.54) is 0 Å². The second-order valence-corrected chi connectivity index (χ2v) is 5.87. The zero-order chi connectivity index (χ0) is 14.8. The van der Waals surface area contributed by atoms with Gasteiger partial charge >= 0.3 is 0 Å². The van der Waals surface area contributed by atoms with E-state index in [2.05, 4.69) is 26.1 Å². The summed E-state index contributed by atoms with van der Waals surface area (Å²) in [5.41, 5.74) is 6.11. The Balaban J connectivity index is 2.26. The number of nitrogens with zero attached hydrogens (tertiary/aromatic N) is 2. The summed E-state index contributed by atoms with van der Waals surface area (Å²) in [4.78, 5) is 4.33. The average molecular weight is 361 g/mol. The molecule has 0 saturated heterocycles. The minimum Gasteiger partial charge on any atom is -0.379 e. The number of nitrogens with two attached hydrogens (primary N) is 1. The minimum atomic E-state index is -0.790. The van der Waals surface area contributed by atoms with Gasteiger partial charge in [-0.05, 0) is 48.0 Å². The number of hydrogen-bond acceptors (Lipinski definition) is 5. The molecule has 2 aromatic rings. The molecule has 1 aromatic heterocycles. The van der Waals surface area contributed by atoms with Crippen LogP contribution in [0.15, 0.2) is 27.2 Å². The molecule has 2 N–H and O–H groups in total. The molecule has 2 rings (SSSR count). The first kappa shape index (κ1) is 15.4. The van der Waals surface area contributed by atoms with Crippen molar-refractivity contribution in [2.24, 2.45) is 5.73 Å². The number of benzene rings is 1. The van der Waals surface area contributed by atoms with Crippen molar-refractivity contribution in [2.75, 3.05) is 13.2 Å². The van der Waals surface area contributed by atoms with Gasteiger partial charge in [-0.25, -0.2) is 0 Å². The molecule has 0 aliphatic rings. The Kier molecular flexibility index (Phi) is 4.80. The maximum Gasteiger partial charge on any atom is 0.258 e. The van der Waals surface area contributed by atoms with E-state index in [-0.39, 0.29) is 0 Å². The highest BCUT2D eigenvalue weighted by Gasteiger charge is 2.28. The van der Waals surface area contributed by atoms with Crippen LogP contribution < -0.4 is 5.73 Å². The number of aromatic nitrogens is 2. The molecule has 1 atom stereocenters. The summed E-state index contributed by atoms with van der Waals surface area (Å²) < 4.78 is 11.3. The molecular weight excluding hydrogens is 346 g/mol. The summed E-state index contributed by atoms with van der Waals surface area (Å²) in [5, 5.41) is 4.55. The van der Waals surface area contributed by atoms with E-state index in [1.54, 1.807) is 19.1 Å². The van der Waals surface area contributed by atoms with Gasteiger partial charge in [-0.2, -0.15) is 4.98 Å². The van der Waals surface area contributed by atoms with Crippen molar-refractivity contribution in [3.8, 4) is 11.5 Å². The van der Waals surface area contributed by atoms with Gasteiger partial charge in [0.05, 0.1) is 11.6 Å². The summed E-state index contributed by atoms with van der Waals surface area (Å²) >= 11 is 9.31. The minimum absolute atomic E-state index is 0.326. The molecule has 0 bridgehead atoms. The zero-order valence-electron chi connectivity index (χ0n) is 11.2. The Bertz CT molecular complexity index is 601. The Morgan fingerprint density at radius 1 is 1.50 bits per heavy atom. The van der Waals surface area contributed by atoms with Gasteiger partial charge in [0.2, 0.25) is 0 Å². The van der Waals surface area contributed by atoms with Gasteiger partial charge in [0.1, 0.15) is 5.54 Å². The lowest BCUT2D eigenvalue weighted by Gasteiger charge is -2.19. The molecule has 5 nitrogen and oxygen atoms in total. The number of halogens is 2. The highest BCUT2D eigenvalue weighted by atomic mass is 79.9. The molecule has 1 unspecified atom stereocenters. The van der Waals surface area contributed by atoms with E-state index < -0.39 is 5.54 Å². The van der Waals surface area contributed by atoms with Gasteiger partial charge in [0.25, 0.3) is 5.89 Å². The molecular formula is C13H15BrClN3O2. The van der Waals surface area contributed by atoms with E-state index in [1.807, 2.05) is 13.0 Å². The van der Waals surface area contributed by atoms with Crippen LogP contribution in [-0.2, 0) is 10.3 Å². The van der Waals surface area contributed by atoms with Crippen LogP contribution in [0.4, 0.5) is 0 Å². The predicted molar refractivity (Wildman–Crippen MR) is 80.5 cm³/mol. The maximum absolute atomic E-state index is 6.13. The molecule has 0 fully saturated rings. The van der Waals surface area contributed by atoms with Gasteiger partial charge in [0, 0.05) is 16.6 Å². The second-order valence-electron chi connectivity index (χ2n) is 4.61. The van der Waals surface area contributed by atoms with Crippen LogP contribution in [0.25, 0.3) is 11.5 Å². The summed E-state index contributed by atoms with van der Waals surface area (Å²) in [6, 6.07) is 5.38. The lowest BCUT2D eigenvalue weighted by molar-refractivity contribution is 0.0962. The quantitative estimate of drug-likeness (QED) is 0.885. The maximum atomic E-state index is 6.13. The lowest BCUT2D eigenvalue weighted by atomic mass is 10.1. The zero-order valence-corrected chi connectivity index (χ0v) is 13.5. The number of rotatable bonds is 5. The van der Waals surface area contributed by atoms with Gasteiger partial charge in [0.15, 0.2) is 5.82 Å². The van der Waals surface area contributed by atoms with Crippen LogP contribution in [0.1, 0.15) is 19.7 Å². The van der Waals surface area contributed by atoms with Crippen LogP contribution in [0.2, 0.25) is 5.02 Å². The normalized spacial score (nSPS) is 14.2. The third-order valence-electron chi connectivity index (χ3n) is 2.71. The molecule has 0 spiro atoms. The topological polar surface area (TPSA) is 74.2 Å². The highest BCUT2D eigenvalue weighted by Crippen LogP contribution is 2.28. The fourth-order valence-electron chi connectivity index (χ4n) is 1.58. The predicted octanol–water partition coefficient (Wildman–Crippen LogP) is 3.36. The Labute approximate surface area is 130 Å². The van der Waals surface area contributed by atoms with Crippen molar-refractivity contribution in [1.82, 2.24) is 10.1 Å². The van der Waals surface area contributed by atoms with Gasteiger partial charge < -0.3 is 15.0 Å². The molecule has 20 heavy (non-hydrogen) atoms. The number of ether oxygens (including phenoxy) is 1. The van der Waals surface area contributed by atoms with E-state index >= 15 is 0 Å². The molecule has 1 aromatic carbocycles. The van der Waals surface area contributed by atoms with E-state index in [4.69, 9.17) is 26.6 Å². The third-order valence-corrected chi connectivity index (χ3v) is 3.92. The van der Waals surface area contributed by atoms with Gasteiger partial charge in [-0.15, -0.1) is 0 Å². The van der Waals surface area contributed by atoms with E-state index in [0.717, 1.165) is 10.0 Å². The summed E-state index contributed by atoms with van der Waals surface area (Å²) in [7, 11) is 0. The monoisotopic (exact) mass is 359 g/mol. The third kappa shape index (κ3) is 3.38. The van der Waals surface area contributed by atoms with Crippen molar-refractivity contribution in [3.63, 3.8) is 0 Å². The second kappa shape index (κ2) is 6.22. The fraction of sp³-hybridized carbons (Fsp3) is 0.385. The summed E-state index contributed by atoms with van der Waals surface area (Å²) in [5.74, 6) is 0.803. The molecule has 0 aliphatic heterocycles. The standard InChI is InChI=1S/C13H15BrClN3O2/c1-3-19-7-13(2,16)12-17-11(20-18-12)8-4-5-10(15)9(14)6-8/h4-6H,3,7,16H2,1-2H3. The molecule has 0 radical (unpaired) electrons. The average Bonchev–Trinajstić information content (AvgIpc) is 2.90. The smallest absolute Gasteiger partial charge is 0.258 e. The van der Waals surface area contributed by atoms with Crippen molar-refractivity contribution in [3.05, 3.63) is 33.5 Å².